The van der Waals surface area contributed by atoms with Crippen LogP contribution in [0.2, 0.25) is 5.02 Å². The van der Waals surface area contributed by atoms with Gasteiger partial charge in [-0.05, 0) is 17.7 Å². The molecule has 1 N–H and O–H groups in total. The zero-order valence-corrected chi connectivity index (χ0v) is 7.68. The Morgan fingerprint density at radius 1 is 1.64 bits per heavy atom. The summed E-state index contributed by atoms with van der Waals surface area (Å²) in [6.45, 7) is 0. The molecule has 1 rings (SSSR count). The number of aliphatic carboxylic acids is 1. The molecule has 0 radical (unpaired) electrons. The molecule has 0 unspecified atom stereocenters. The van der Waals surface area contributed by atoms with E-state index >= 15 is 0 Å². The third-order valence-corrected chi connectivity index (χ3v) is 1.90. The molecule has 0 aliphatic carbocycles. The minimum Gasteiger partial charge on any atom is -0.481 e. The van der Waals surface area contributed by atoms with Crippen LogP contribution in [0.1, 0.15) is 11.1 Å². The highest BCUT2D eigenvalue weighted by Gasteiger charge is 2.10. The number of nitrogens with zero attached hydrogens (tertiary/aromatic N) is 1. The first-order chi connectivity index (χ1) is 6.54. The highest BCUT2D eigenvalue weighted by molar-refractivity contribution is 6.30. The molecule has 0 saturated heterocycles. The second-order valence-electron chi connectivity index (χ2n) is 2.61. The molecule has 5 heteroatoms. The number of rotatable bonds is 2. The molecule has 0 aliphatic heterocycles. The van der Waals surface area contributed by atoms with Gasteiger partial charge >= 0.3 is 5.97 Å². The van der Waals surface area contributed by atoms with Crippen LogP contribution < -0.4 is 0 Å². The van der Waals surface area contributed by atoms with Gasteiger partial charge < -0.3 is 5.11 Å². The van der Waals surface area contributed by atoms with Crippen molar-refractivity contribution in [2.75, 3.05) is 0 Å². The molecule has 3 nitrogen and oxygen atoms in total. The molecule has 0 saturated carbocycles. The first kappa shape index (κ1) is 10.5. The molecule has 14 heavy (non-hydrogen) atoms. The topological polar surface area (TPSA) is 61.1 Å². The Kier molecular flexibility index (Phi) is 3.05. The summed E-state index contributed by atoms with van der Waals surface area (Å²) in [5.41, 5.74) is 0.209. The summed E-state index contributed by atoms with van der Waals surface area (Å²) < 4.78 is 12.9. The van der Waals surface area contributed by atoms with Crippen LogP contribution in [0.4, 0.5) is 4.39 Å². The zero-order valence-electron chi connectivity index (χ0n) is 6.92. The van der Waals surface area contributed by atoms with Gasteiger partial charge in [0.1, 0.15) is 5.82 Å². The van der Waals surface area contributed by atoms with E-state index < -0.39 is 11.8 Å². The monoisotopic (exact) mass is 213 g/mol. The number of carboxylic acid groups (broad SMARTS) is 1. The number of hydrogen-bond donors (Lipinski definition) is 1. The lowest BCUT2D eigenvalue weighted by atomic mass is 10.1. The van der Waals surface area contributed by atoms with E-state index in [1.54, 1.807) is 6.07 Å². The molecular formula is C9H5ClFNO2. The first-order valence-electron chi connectivity index (χ1n) is 3.64. The molecule has 1 aromatic rings. The van der Waals surface area contributed by atoms with Gasteiger partial charge in [0.05, 0.1) is 23.1 Å². The maximum atomic E-state index is 12.9. The molecular weight excluding hydrogens is 209 g/mol. The van der Waals surface area contributed by atoms with E-state index in [0.29, 0.717) is 0 Å². The summed E-state index contributed by atoms with van der Waals surface area (Å²) >= 11 is 5.45. The Morgan fingerprint density at radius 3 is 2.79 bits per heavy atom. The second kappa shape index (κ2) is 4.07. The average molecular weight is 214 g/mol. The van der Waals surface area contributed by atoms with Gasteiger partial charge in [0.25, 0.3) is 0 Å². The fourth-order valence-electron chi connectivity index (χ4n) is 1.00. The molecule has 72 valence electrons. The molecule has 0 heterocycles. The van der Waals surface area contributed by atoms with Crippen LogP contribution in [0, 0.1) is 17.1 Å². The van der Waals surface area contributed by atoms with Crippen LogP contribution in [0.15, 0.2) is 12.1 Å². The van der Waals surface area contributed by atoms with Crippen molar-refractivity contribution in [1.82, 2.24) is 0 Å². The van der Waals surface area contributed by atoms with Crippen LogP contribution in [0.3, 0.4) is 0 Å². The van der Waals surface area contributed by atoms with Gasteiger partial charge in [0, 0.05) is 0 Å². The van der Waals surface area contributed by atoms with Crippen molar-refractivity contribution in [2.45, 2.75) is 6.42 Å². The number of halogens is 2. The predicted octanol–water partition coefficient (Wildman–Crippen LogP) is 1.98. The fraction of sp³-hybridized carbons (Fsp3) is 0.111. The summed E-state index contributed by atoms with van der Waals surface area (Å²) in [7, 11) is 0. The highest BCUT2D eigenvalue weighted by atomic mass is 35.5. The quantitative estimate of drug-likeness (QED) is 0.817. The van der Waals surface area contributed by atoms with Crippen LogP contribution in [0.25, 0.3) is 0 Å². The number of hydrogen-bond acceptors (Lipinski definition) is 2. The zero-order chi connectivity index (χ0) is 10.7. The Balaban J connectivity index is 3.22. The lowest BCUT2D eigenvalue weighted by Gasteiger charge is -2.02. The number of carbonyl (C=O) groups is 1. The van der Waals surface area contributed by atoms with Crippen LogP contribution in [-0.2, 0) is 11.2 Å². The van der Waals surface area contributed by atoms with Crippen molar-refractivity contribution in [1.29, 1.82) is 5.26 Å². The van der Waals surface area contributed by atoms with E-state index in [1.807, 2.05) is 0 Å². The van der Waals surface area contributed by atoms with Crippen LogP contribution >= 0.6 is 11.6 Å². The van der Waals surface area contributed by atoms with Gasteiger partial charge in [-0.25, -0.2) is 4.39 Å². The minimum atomic E-state index is -1.09. The van der Waals surface area contributed by atoms with E-state index in [4.69, 9.17) is 22.0 Å². The number of carboxylic acids is 1. The van der Waals surface area contributed by atoms with E-state index in [9.17, 15) is 9.18 Å². The lowest BCUT2D eigenvalue weighted by molar-refractivity contribution is -0.136. The Labute approximate surface area is 84.3 Å². The predicted molar refractivity (Wildman–Crippen MR) is 47.5 cm³/mol. The average Bonchev–Trinajstić information content (AvgIpc) is 2.10. The van der Waals surface area contributed by atoms with Gasteiger partial charge in [-0.15, -0.1) is 0 Å². The molecule has 1 aromatic carbocycles. The van der Waals surface area contributed by atoms with E-state index in [0.717, 1.165) is 12.1 Å². The maximum Gasteiger partial charge on any atom is 0.307 e. The van der Waals surface area contributed by atoms with Crippen molar-refractivity contribution in [2.24, 2.45) is 0 Å². The smallest absolute Gasteiger partial charge is 0.307 e. The van der Waals surface area contributed by atoms with E-state index in [-0.39, 0.29) is 22.6 Å². The van der Waals surface area contributed by atoms with Gasteiger partial charge in [0.15, 0.2) is 0 Å². The van der Waals surface area contributed by atoms with Gasteiger partial charge in [-0.3, -0.25) is 4.79 Å². The van der Waals surface area contributed by atoms with E-state index in [2.05, 4.69) is 0 Å². The highest BCUT2D eigenvalue weighted by Crippen LogP contribution is 2.20. The van der Waals surface area contributed by atoms with Crippen molar-refractivity contribution in [3.8, 4) is 6.07 Å². The van der Waals surface area contributed by atoms with Crippen molar-refractivity contribution >= 4 is 17.6 Å². The molecule has 0 amide bonds. The summed E-state index contributed by atoms with van der Waals surface area (Å²) in [5, 5.41) is 16.9. The summed E-state index contributed by atoms with van der Waals surface area (Å²) in [4.78, 5) is 10.4. The van der Waals surface area contributed by atoms with Crippen molar-refractivity contribution < 1.29 is 14.3 Å². The summed E-state index contributed by atoms with van der Waals surface area (Å²) in [5.74, 6) is -1.82. The number of benzene rings is 1. The van der Waals surface area contributed by atoms with Crippen molar-refractivity contribution in [3.63, 3.8) is 0 Å². The van der Waals surface area contributed by atoms with Crippen molar-refractivity contribution in [3.05, 3.63) is 34.1 Å². The summed E-state index contributed by atoms with van der Waals surface area (Å²) in [6.07, 6.45) is -0.344. The maximum absolute atomic E-state index is 12.9. The van der Waals surface area contributed by atoms with Crippen LogP contribution in [0.5, 0.6) is 0 Å². The standard InChI is InChI=1S/C9H5ClFNO2/c10-7-1-5(3-9(13)14)6(4-12)2-8(7)11/h1-2H,3H2,(H,13,14). The first-order valence-corrected chi connectivity index (χ1v) is 4.02. The van der Waals surface area contributed by atoms with Gasteiger partial charge in [-0.2, -0.15) is 5.26 Å². The second-order valence-corrected chi connectivity index (χ2v) is 3.01. The Bertz CT molecular complexity index is 426. The van der Waals surface area contributed by atoms with E-state index in [1.165, 1.54) is 0 Å². The third kappa shape index (κ3) is 2.21. The molecule has 0 bridgehead atoms. The van der Waals surface area contributed by atoms with Gasteiger partial charge in [0.2, 0.25) is 0 Å². The fourth-order valence-corrected chi connectivity index (χ4v) is 1.19. The SMILES string of the molecule is N#Cc1cc(F)c(Cl)cc1CC(=O)O. The Morgan fingerprint density at radius 2 is 2.29 bits per heavy atom. The van der Waals surface area contributed by atoms with Crippen LogP contribution in [-0.4, -0.2) is 11.1 Å². The minimum absolute atomic E-state index is 0.00528. The van der Waals surface area contributed by atoms with Gasteiger partial charge in [-0.1, -0.05) is 11.6 Å². The molecule has 0 fully saturated rings. The number of nitriles is 1. The molecule has 0 spiro atoms. The largest absolute Gasteiger partial charge is 0.481 e. The lowest BCUT2D eigenvalue weighted by Crippen LogP contribution is -2.02. The third-order valence-electron chi connectivity index (χ3n) is 1.61. The summed E-state index contributed by atoms with van der Waals surface area (Å²) in [6, 6.07) is 3.79. The normalized spacial score (nSPS) is 9.50. The molecule has 0 aromatic heterocycles. The molecule has 0 aliphatic rings. The molecule has 0 atom stereocenters. The Hall–Kier alpha value is -1.60.